The third-order valence-corrected chi connectivity index (χ3v) is 6.81. The molecule has 0 rings (SSSR count). The van der Waals surface area contributed by atoms with Crippen LogP contribution in [0.1, 0.15) is 19.3 Å². The highest BCUT2D eigenvalue weighted by atomic mass is 16.6. The fourth-order valence-electron chi connectivity index (χ4n) is 3.82. The van der Waals surface area contributed by atoms with E-state index in [-0.39, 0.29) is 32.7 Å². The van der Waals surface area contributed by atoms with Crippen LogP contribution in [-0.4, -0.2) is 209 Å². The molecule has 0 aliphatic carbocycles. The predicted molar refractivity (Wildman–Crippen MR) is 166 cm³/mol. The number of amides is 3. The highest BCUT2D eigenvalue weighted by Gasteiger charge is 2.32. The molecule has 0 unspecified atom stereocenters. The van der Waals surface area contributed by atoms with Crippen LogP contribution in [0.4, 0.5) is 0 Å². The Hall–Kier alpha value is -2.19. The van der Waals surface area contributed by atoms with Gasteiger partial charge in [0.05, 0.1) is 78.3 Å². The molecular formula is C28H56N4O17. The molecule has 0 bridgehead atoms. The van der Waals surface area contributed by atoms with Crippen molar-refractivity contribution in [3.05, 3.63) is 0 Å². The lowest BCUT2D eigenvalue weighted by Crippen LogP contribution is -2.53. The highest BCUT2D eigenvalue weighted by Crippen LogP contribution is 2.07. The van der Waals surface area contributed by atoms with Crippen molar-refractivity contribution in [2.45, 2.75) is 74.1 Å². The number of aliphatic hydroxyl groups is 10. The second kappa shape index (κ2) is 28.5. The summed E-state index contributed by atoms with van der Waals surface area (Å²) in [6.07, 6.45) is -15.7. The van der Waals surface area contributed by atoms with Gasteiger partial charge in [-0.2, -0.15) is 0 Å². The van der Waals surface area contributed by atoms with E-state index in [0.717, 1.165) is 0 Å². The first-order valence-corrected chi connectivity index (χ1v) is 15.8. The summed E-state index contributed by atoms with van der Waals surface area (Å²) in [7, 11) is 0. The van der Waals surface area contributed by atoms with Crippen LogP contribution in [0.3, 0.4) is 0 Å². The van der Waals surface area contributed by atoms with Gasteiger partial charge in [0.15, 0.2) is 0 Å². The van der Waals surface area contributed by atoms with E-state index in [9.17, 15) is 55.2 Å². The maximum Gasteiger partial charge on any atom is 0.242 e. The molecule has 0 heterocycles. The minimum atomic E-state index is -1.96. The zero-order valence-electron chi connectivity index (χ0n) is 27.4. The number of carbonyl (C=O) groups is 3. The molecular weight excluding hydrogens is 664 g/mol. The topological polar surface area (TPSA) is 353 Å². The standard InChI is InChI=1S/C28H56N4O17/c29-4-6-47-8-10-49-12-11-48-9-7-46-5-3-23(40)32-17(28(45)31-14-19(36)25(42)27(44)21(38)16-34)1-2-22(39)30-13-18(35)24(41)26(43)20(37)15-33/h17-21,24-27,33-38,41-44H,1-16,29H2,(H,30,39)(H,31,45)(H,32,40)/t17-,18-,19-,20+,21+,24+,25+,26+,27+/m0/s1. The van der Waals surface area contributed by atoms with Crippen LogP contribution in [0, 0.1) is 0 Å². The third-order valence-electron chi connectivity index (χ3n) is 6.81. The molecule has 3 amide bonds. The first-order valence-electron chi connectivity index (χ1n) is 15.8. The summed E-state index contributed by atoms with van der Waals surface area (Å²) in [4.78, 5) is 37.8. The molecule has 0 aromatic carbocycles. The lowest BCUT2D eigenvalue weighted by Gasteiger charge is -2.26. The summed E-state index contributed by atoms with van der Waals surface area (Å²) in [5.41, 5.74) is 5.31. The van der Waals surface area contributed by atoms with E-state index in [1.165, 1.54) is 0 Å². The number of ether oxygens (including phenoxy) is 4. The van der Waals surface area contributed by atoms with Crippen molar-refractivity contribution < 1.29 is 84.4 Å². The SMILES string of the molecule is NCCOCCOCCOCCOCCC(=O)N[C@@H](CCC(=O)NC[C@H](O)[C@@H](O)[C@H](O)[C@H](O)CO)C(=O)NC[C@H](O)[C@@H](O)[C@H](O)[C@H](O)CO. The Morgan fingerprint density at radius 1 is 0.531 bits per heavy atom. The number of carbonyl (C=O) groups excluding carboxylic acids is 3. The minimum absolute atomic E-state index is 0.0496. The molecule has 0 aliphatic heterocycles. The second-order valence-corrected chi connectivity index (χ2v) is 10.8. The number of aliphatic hydroxyl groups excluding tert-OH is 10. The highest BCUT2D eigenvalue weighted by molar-refractivity contribution is 5.88. The van der Waals surface area contributed by atoms with Gasteiger partial charge in [-0.05, 0) is 6.42 Å². The fraction of sp³-hybridized carbons (Fsp3) is 0.893. The van der Waals surface area contributed by atoms with Crippen molar-refractivity contribution in [3.63, 3.8) is 0 Å². The summed E-state index contributed by atoms with van der Waals surface area (Å²) in [5, 5.41) is 103. The van der Waals surface area contributed by atoms with E-state index in [0.29, 0.717) is 39.6 Å². The van der Waals surface area contributed by atoms with E-state index >= 15 is 0 Å². The lowest BCUT2D eigenvalue weighted by atomic mass is 10.0. The summed E-state index contributed by atoms with van der Waals surface area (Å²) in [5.74, 6) is -2.30. The molecule has 0 aliphatic rings. The molecule has 0 saturated carbocycles. The summed E-state index contributed by atoms with van der Waals surface area (Å²) < 4.78 is 21.2. The first kappa shape index (κ1) is 46.8. The van der Waals surface area contributed by atoms with Crippen molar-refractivity contribution in [3.8, 4) is 0 Å². The van der Waals surface area contributed by atoms with Gasteiger partial charge in [0.2, 0.25) is 17.7 Å². The van der Waals surface area contributed by atoms with Crippen LogP contribution < -0.4 is 21.7 Å². The van der Waals surface area contributed by atoms with Gasteiger partial charge in [0, 0.05) is 32.5 Å². The summed E-state index contributed by atoms with van der Waals surface area (Å²) >= 11 is 0. The van der Waals surface area contributed by atoms with E-state index in [1.807, 2.05) is 0 Å². The Balaban J connectivity index is 4.88. The van der Waals surface area contributed by atoms with Gasteiger partial charge in [0.1, 0.15) is 42.7 Å². The van der Waals surface area contributed by atoms with Crippen molar-refractivity contribution in [1.82, 2.24) is 16.0 Å². The number of nitrogens with one attached hydrogen (secondary N) is 3. The minimum Gasteiger partial charge on any atom is -0.394 e. The molecule has 0 aromatic rings. The molecule has 290 valence electrons. The molecule has 49 heavy (non-hydrogen) atoms. The van der Waals surface area contributed by atoms with Gasteiger partial charge in [-0.1, -0.05) is 0 Å². The molecule has 0 aromatic heterocycles. The Bertz CT molecular complexity index is 879. The Labute approximate surface area is 283 Å². The van der Waals surface area contributed by atoms with Crippen LogP contribution in [0.25, 0.3) is 0 Å². The average Bonchev–Trinajstić information content (AvgIpc) is 3.10. The van der Waals surface area contributed by atoms with E-state index < -0.39 is 105 Å². The summed E-state index contributed by atoms with van der Waals surface area (Å²) in [6, 6.07) is -1.36. The molecule has 0 saturated heterocycles. The molecule has 0 radical (unpaired) electrons. The van der Waals surface area contributed by atoms with Crippen molar-refractivity contribution >= 4 is 17.7 Å². The van der Waals surface area contributed by atoms with Crippen LogP contribution in [0.15, 0.2) is 0 Å². The maximum absolute atomic E-state index is 12.9. The molecule has 21 nitrogen and oxygen atoms in total. The van der Waals surface area contributed by atoms with Crippen LogP contribution in [0.2, 0.25) is 0 Å². The van der Waals surface area contributed by atoms with Gasteiger partial charge in [-0.25, -0.2) is 0 Å². The predicted octanol–water partition coefficient (Wildman–Crippen LogP) is -8.23. The van der Waals surface area contributed by atoms with Gasteiger partial charge in [-0.15, -0.1) is 0 Å². The monoisotopic (exact) mass is 720 g/mol. The van der Waals surface area contributed by atoms with Gasteiger partial charge >= 0.3 is 0 Å². The van der Waals surface area contributed by atoms with Crippen molar-refractivity contribution in [2.24, 2.45) is 5.73 Å². The largest absolute Gasteiger partial charge is 0.394 e. The quantitative estimate of drug-likeness (QED) is 0.0296. The summed E-state index contributed by atoms with van der Waals surface area (Å²) in [6.45, 7) is -0.354. The molecule has 9 atom stereocenters. The molecule has 0 fully saturated rings. The number of hydrogen-bond donors (Lipinski definition) is 14. The van der Waals surface area contributed by atoms with Crippen LogP contribution in [-0.2, 0) is 33.3 Å². The number of hydrogen-bond acceptors (Lipinski definition) is 18. The van der Waals surface area contributed by atoms with Crippen molar-refractivity contribution in [1.29, 1.82) is 0 Å². The maximum atomic E-state index is 12.9. The lowest BCUT2D eigenvalue weighted by molar-refractivity contribution is -0.132. The van der Waals surface area contributed by atoms with E-state index in [1.54, 1.807) is 0 Å². The zero-order chi connectivity index (χ0) is 37.2. The zero-order valence-corrected chi connectivity index (χ0v) is 27.4. The van der Waals surface area contributed by atoms with Gasteiger partial charge < -0.3 is 91.7 Å². The Morgan fingerprint density at radius 2 is 0.939 bits per heavy atom. The normalized spacial score (nSPS) is 17.2. The van der Waals surface area contributed by atoms with Crippen LogP contribution in [0.5, 0.6) is 0 Å². The van der Waals surface area contributed by atoms with Crippen molar-refractivity contribution in [2.75, 3.05) is 85.7 Å². The molecule has 15 N–H and O–H groups in total. The fourth-order valence-corrected chi connectivity index (χ4v) is 3.82. The Kier molecular flexibility index (Phi) is 27.2. The van der Waals surface area contributed by atoms with Gasteiger partial charge in [-0.3, -0.25) is 14.4 Å². The molecule has 21 heteroatoms. The van der Waals surface area contributed by atoms with Gasteiger partial charge in [0.25, 0.3) is 0 Å². The first-order chi connectivity index (χ1) is 23.3. The van der Waals surface area contributed by atoms with E-state index in [2.05, 4.69) is 16.0 Å². The Morgan fingerprint density at radius 3 is 1.39 bits per heavy atom. The van der Waals surface area contributed by atoms with Crippen LogP contribution >= 0.6 is 0 Å². The second-order valence-electron chi connectivity index (χ2n) is 10.8. The smallest absolute Gasteiger partial charge is 0.242 e. The average molecular weight is 721 g/mol. The molecule has 0 spiro atoms. The number of rotatable bonds is 31. The van der Waals surface area contributed by atoms with E-state index in [4.69, 9.17) is 34.9 Å². The number of nitrogens with two attached hydrogens (primary N) is 1. The third kappa shape index (κ3) is 21.6.